The molecular weight excluding hydrogens is 352 g/mol. The summed E-state index contributed by atoms with van der Waals surface area (Å²) in [6.45, 7) is 7.93. The number of amides is 1. The van der Waals surface area contributed by atoms with Gasteiger partial charge in [-0.1, -0.05) is 24.3 Å². The van der Waals surface area contributed by atoms with Gasteiger partial charge in [0.2, 0.25) is 0 Å². The number of ether oxygens (including phenoxy) is 1. The third-order valence-electron chi connectivity index (χ3n) is 4.04. The zero-order valence-corrected chi connectivity index (χ0v) is 16.5. The zero-order chi connectivity index (χ0) is 20.1. The molecule has 0 fully saturated rings. The van der Waals surface area contributed by atoms with Gasteiger partial charge in [-0.05, 0) is 57.0 Å². The summed E-state index contributed by atoms with van der Waals surface area (Å²) in [5.74, 6) is 0.853. The molecular formula is C22H24N4O2. The number of carbonyl (C=O) groups excluding carboxylic acids is 1. The molecule has 144 valence electrons. The van der Waals surface area contributed by atoms with E-state index >= 15 is 0 Å². The fourth-order valence-corrected chi connectivity index (χ4v) is 2.63. The third kappa shape index (κ3) is 4.85. The summed E-state index contributed by atoms with van der Waals surface area (Å²) in [7, 11) is 0. The van der Waals surface area contributed by atoms with E-state index in [1.807, 2.05) is 58.0 Å². The number of nitrogens with zero attached hydrogens (tertiary/aromatic N) is 2. The van der Waals surface area contributed by atoms with E-state index in [1.54, 1.807) is 12.3 Å². The lowest BCUT2D eigenvalue weighted by Crippen LogP contribution is -2.16. The standard InChI is InChI=1S/C22H24N4O2/c1-14(2)28-20-8-6-5-7-17(20)26-22(27)19-12-24-21(13-23-19)25-18-11-15(3)9-10-16(18)4/h5-14H,1-4H3,(H,24,25)(H,26,27). The lowest BCUT2D eigenvalue weighted by molar-refractivity contribution is 0.102. The highest BCUT2D eigenvalue weighted by Crippen LogP contribution is 2.25. The van der Waals surface area contributed by atoms with Gasteiger partial charge >= 0.3 is 0 Å². The molecule has 1 heterocycles. The molecule has 0 aliphatic rings. The predicted octanol–water partition coefficient (Wildman–Crippen LogP) is 4.88. The maximum atomic E-state index is 12.5. The van der Waals surface area contributed by atoms with Crippen molar-refractivity contribution in [1.29, 1.82) is 0 Å². The van der Waals surface area contributed by atoms with Crippen LogP contribution in [0.1, 0.15) is 35.5 Å². The van der Waals surface area contributed by atoms with E-state index in [2.05, 4.69) is 26.7 Å². The molecule has 0 bridgehead atoms. The zero-order valence-electron chi connectivity index (χ0n) is 16.5. The van der Waals surface area contributed by atoms with E-state index in [0.29, 0.717) is 17.3 Å². The van der Waals surface area contributed by atoms with Crippen molar-refractivity contribution in [3.63, 3.8) is 0 Å². The maximum Gasteiger partial charge on any atom is 0.275 e. The first kappa shape index (κ1) is 19.4. The molecule has 0 spiro atoms. The maximum absolute atomic E-state index is 12.5. The highest BCUT2D eigenvalue weighted by Gasteiger charge is 2.12. The van der Waals surface area contributed by atoms with Crippen LogP contribution in [-0.2, 0) is 0 Å². The van der Waals surface area contributed by atoms with Crippen molar-refractivity contribution >= 4 is 23.1 Å². The molecule has 0 saturated heterocycles. The van der Waals surface area contributed by atoms with Crippen molar-refractivity contribution in [2.75, 3.05) is 10.6 Å². The van der Waals surface area contributed by atoms with Crippen LogP contribution in [0.5, 0.6) is 5.75 Å². The number of hydrogen-bond donors (Lipinski definition) is 2. The van der Waals surface area contributed by atoms with Crippen LogP contribution in [0, 0.1) is 13.8 Å². The van der Waals surface area contributed by atoms with Crippen molar-refractivity contribution in [2.45, 2.75) is 33.8 Å². The van der Waals surface area contributed by atoms with Crippen LogP contribution >= 0.6 is 0 Å². The lowest BCUT2D eigenvalue weighted by atomic mass is 10.1. The van der Waals surface area contributed by atoms with Gasteiger partial charge in [-0.2, -0.15) is 0 Å². The Labute approximate surface area is 165 Å². The number of benzene rings is 2. The Morgan fingerprint density at radius 3 is 2.50 bits per heavy atom. The second kappa shape index (κ2) is 8.52. The summed E-state index contributed by atoms with van der Waals surface area (Å²) >= 11 is 0. The van der Waals surface area contributed by atoms with Crippen LogP contribution in [0.25, 0.3) is 0 Å². The van der Waals surface area contributed by atoms with Gasteiger partial charge in [0.05, 0.1) is 24.2 Å². The molecule has 3 rings (SSSR count). The summed E-state index contributed by atoms with van der Waals surface area (Å²) in [6, 6.07) is 13.5. The number of para-hydroxylation sites is 2. The minimum Gasteiger partial charge on any atom is -0.489 e. The molecule has 3 aromatic rings. The Balaban J connectivity index is 1.71. The molecule has 0 unspecified atom stereocenters. The van der Waals surface area contributed by atoms with E-state index < -0.39 is 0 Å². The molecule has 0 aliphatic heterocycles. The van der Waals surface area contributed by atoms with Gasteiger partial charge in [-0.15, -0.1) is 0 Å². The number of carbonyl (C=O) groups is 1. The summed E-state index contributed by atoms with van der Waals surface area (Å²) in [6.07, 6.45) is 3.01. The lowest BCUT2D eigenvalue weighted by Gasteiger charge is -2.14. The fourth-order valence-electron chi connectivity index (χ4n) is 2.63. The quantitative estimate of drug-likeness (QED) is 0.641. The van der Waals surface area contributed by atoms with Crippen molar-refractivity contribution in [3.05, 3.63) is 71.7 Å². The minimum atomic E-state index is -0.342. The van der Waals surface area contributed by atoms with Gasteiger partial charge in [0.25, 0.3) is 5.91 Å². The first-order chi connectivity index (χ1) is 13.4. The molecule has 2 N–H and O–H groups in total. The predicted molar refractivity (Wildman–Crippen MR) is 111 cm³/mol. The summed E-state index contributed by atoms with van der Waals surface area (Å²) in [4.78, 5) is 21.1. The number of aromatic nitrogens is 2. The normalized spacial score (nSPS) is 10.6. The SMILES string of the molecule is Cc1ccc(C)c(Nc2cnc(C(=O)Nc3ccccc3OC(C)C)cn2)c1. The van der Waals surface area contributed by atoms with Gasteiger partial charge < -0.3 is 15.4 Å². The molecule has 0 saturated carbocycles. The Morgan fingerprint density at radius 2 is 1.79 bits per heavy atom. The van der Waals surface area contributed by atoms with E-state index in [4.69, 9.17) is 4.74 Å². The van der Waals surface area contributed by atoms with E-state index in [1.165, 1.54) is 6.20 Å². The number of nitrogens with one attached hydrogen (secondary N) is 2. The Bertz CT molecular complexity index is 969. The Hall–Kier alpha value is -3.41. The minimum absolute atomic E-state index is 0.00767. The first-order valence-corrected chi connectivity index (χ1v) is 9.15. The number of rotatable bonds is 6. The molecule has 0 aliphatic carbocycles. The van der Waals surface area contributed by atoms with Crippen molar-refractivity contribution in [2.24, 2.45) is 0 Å². The molecule has 6 nitrogen and oxygen atoms in total. The second-order valence-corrected chi connectivity index (χ2v) is 6.85. The molecule has 28 heavy (non-hydrogen) atoms. The van der Waals surface area contributed by atoms with Crippen LogP contribution < -0.4 is 15.4 Å². The van der Waals surface area contributed by atoms with Crippen LogP contribution in [0.2, 0.25) is 0 Å². The summed E-state index contributed by atoms with van der Waals surface area (Å²) in [5, 5.41) is 6.07. The third-order valence-corrected chi connectivity index (χ3v) is 4.04. The monoisotopic (exact) mass is 376 g/mol. The molecule has 1 aromatic heterocycles. The van der Waals surface area contributed by atoms with Crippen molar-refractivity contribution in [3.8, 4) is 5.75 Å². The van der Waals surface area contributed by atoms with E-state index in [-0.39, 0.29) is 17.7 Å². The van der Waals surface area contributed by atoms with Gasteiger partial charge in [-0.3, -0.25) is 4.79 Å². The topological polar surface area (TPSA) is 76.1 Å². The van der Waals surface area contributed by atoms with Gasteiger partial charge in [0, 0.05) is 5.69 Å². The van der Waals surface area contributed by atoms with E-state index in [9.17, 15) is 4.79 Å². The smallest absolute Gasteiger partial charge is 0.275 e. The molecule has 1 amide bonds. The summed E-state index contributed by atoms with van der Waals surface area (Å²) < 4.78 is 5.73. The molecule has 6 heteroatoms. The first-order valence-electron chi connectivity index (χ1n) is 9.15. The summed E-state index contributed by atoms with van der Waals surface area (Å²) in [5.41, 5.74) is 4.05. The Morgan fingerprint density at radius 1 is 1.00 bits per heavy atom. The van der Waals surface area contributed by atoms with Crippen molar-refractivity contribution in [1.82, 2.24) is 9.97 Å². The highest BCUT2D eigenvalue weighted by molar-refractivity contribution is 6.03. The number of hydrogen-bond acceptors (Lipinski definition) is 5. The van der Waals surface area contributed by atoms with Gasteiger partial charge in [0.15, 0.2) is 0 Å². The van der Waals surface area contributed by atoms with Crippen LogP contribution in [-0.4, -0.2) is 22.0 Å². The number of aryl methyl sites for hydroxylation is 2. The van der Waals surface area contributed by atoms with Gasteiger partial charge in [-0.25, -0.2) is 9.97 Å². The number of anilines is 3. The average Bonchev–Trinajstić information content (AvgIpc) is 2.66. The molecule has 0 atom stereocenters. The molecule has 0 radical (unpaired) electrons. The second-order valence-electron chi connectivity index (χ2n) is 6.85. The Kier molecular flexibility index (Phi) is 5.89. The highest BCUT2D eigenvalue weighted by atomic mass is 16.5. The van der Waals surface area contributed by atoms with Crippen molar-refractivity contribution < 1.29 is 9.53 Å². The van der Waals surface area contributed by atoms with Crippen LogP contribution in [0.4, 0.5) is 17.2 Å². The molecule has 2 aromatic carbocycles. The van der Waals surface area contributed by atoms with Gasteiger partial charge in [0.1, 0.15) is 17.3 Å². The van der Waals surface area contributed by atoms with Crippen LogP contribution in [0.3, 0.4) is 0 Å². The average molecular weight is 376 g/mol. The van der Waals surface area contributed by atoms with Crippen LogP contribution in [0.15, 0.2) is 54.9 Å². The van der Waals surface area contributed by atoms with E-state index in [0.717, 1.165) is 16.8 Å². The largest absolute Gasteiger partial charge is 0.489 e. The fraction of sp³-hybridized carbons (Fsp3) is 0.227.